The smallest absolute Gasteiger partial charge is 0.267 e. The number of benzene rings is 2. The van der Waals surface area contributed by atoms with E-state index in [1.165, 1.54) is 11.8 Å². The van der Waals surface area contributed by atoms with Crippen molar-refractivity contribution in [1.82, 2.24) is 0 Å². The molecule has 1 heterocycles. The summed E-state index contributed by atoms with van der Waals surface area (Å²) in [5.74, 6) is -0.00553. The van der Waals surface area contributed by atoms with Crippen LogP contribution in [0.2, 0.25) is 0 Å². The Bertz CT molecular complexity index is 713. The number of hydrogen-bond acceptors (Lipinski definition) is 4. The van der Waals surface area contributed by atoms with E-state index in [2.05, 4.69) is 5.16 Å². The molecule has 5 nitrogen and oxygen atoms in total. The summed E-state index contributed by atoms with van der Waals surface area (Å²) in [5.41, 5.74) is 2.66. The highest BCUT2D eigenvalue weighted by molar-refractivity contribution is 5.96. The van der Waals surface area contributed by atoms with Crippen molar-refractivity contribution in [3.63, 3.8) is 0 Å². The van der Waals surface area contributed by atoms with Crippen molar-refractivity contribution < 1.29 is 14.7 Å². The third kappa shape index (κ3) is 2.93. The number of amides is 1. The first-order chi connectivity index (χ1) is 10.8. The van der Waals surface area contributed by atoms with E-state index in [1.54, 1.807) is 29.2 Å². The van der Waals surface area contributed by atoms with Crippen LogP contribution in [0.15, 0.2) is 53.7 Å². The minimum absolute atomic E-state index is 0.120. The van der Waals surface area contributed by atoms with Crippen molar-refractivity contribution >= 4 is 17.8 Å². The first kappa shape index (κ1) is 14.1. The third-order valence-electron chi connectivity index (χ3n) is 3.58. The van der Waals surface area contributed by atoms with Gasteiger partial charge in [-0.3, -0.25) is 4.79 Å². The molecule has 5 heteroatoms. The molecule has 22 heavy (non-hydrogen) atoms. The Kier molecular flexibility index (Phi) is 4.05. The normalized spacial score (nSPS) is 13.4. The summed E-state index contributed by atoms with van der Waals surface area (Å²) in [6.45, 7) is 0.545. The first-order valence-electron chi connectivity index (χ1n) is 7.07. The molecule has 0 spiro atoms. The van der Waals surface area contributed by atoms with Gasteiger partial charge >= 0.3 is 0 Å². The van der Waals surface area contributed by atoms with Crippen LogP contribution in [0.1, 0.15) is 11.1 Å². The zero-order valence-corrected chi connectivity index (χ0v) is 12.0. The number of aromatic hydroxyl groups is 1. The van der Waals surface area contributed by atoms with Crippen molar-refractivity contribution in [1.29, 1.82) is 0 Å². The van der Waals surface area contributed by atoms with Crippen molar-refractivity contribution in [2.75, 3.05) is 18.1 Å². The highest BCUT2D eigenvalue weighted by Crippen LogP contribution is 2.27. The molecular weight excluding hydrogens is 280 g/mol. The Balaban J connectivity index is 1.57. The number of nitrogens with zero attached hydrogens (tertiary/aromatic N) is 2. The van der Waals surface area contributed by atoms with E-state index in [0.29, 0.717) is 12.1 Å². The predicted molar refractivity (Wildman–Crippen MR) is 84.2 cm³/mol. The molecule has 3 rings (SSSR count). The third-order valence-corrected chi connectivity index (χ3v) is 3.58. The lowest BCUT2D eigenvalue weighted by atomic mass is 10.2. The zero-order valence-electron chi connectivity index (χ0n) is 12.0. The van der Waals surface area contributed by atoms with Crippen LogP contribution < -0.4 is 4.90 Å². The van der Waals surface area contributed by atoms with Gasteiger partial charge in [0.1, 0.15) is 5.75 Å². The van der Waals surface area contributed by atoms with Crippen molar-refractivity contribution in [3.05, 3.63) is 59.7 Å². The molecule has 112 valence electrons. The number of phenolic OH excluding ortho intramolecular Hbond substituents is 1. The maximum Gasteiger partial charge on any atom is 0.267 e. The number of hydrogen-bond donors (Lipinski definition) is 1. The van der Waals surface area contributed by atoms with Crippen LogP contribution in [0.25, 0.3) is 0 Å². The first-order valence-corrected chi connectivity index (χ1v) is 7.07. The quantitative estimate of drug-likeness (QED) is 0.696. The van der Waals surface area contributed by atoms with Crippen LogP contribution in [0.3, 0.4) is 0 Å². The second-order valence-electron chi connectivity index (χ2n) is 4.99. The fourth-order valence-electron chi connectivity index (χ4n) is 2.46. The Morgan fingerprint density at radius 2 is 2.00 bits per heavy atom. The average molecular weight is 296 g/mol. The number of phenols is 1. The molecule has 0 aliphatic carbocycles. The topological polar surface area (TPSA) is 62.1 Å². The van der Waals surface area contributed by atoms with Gasteiger partial charge in [-0.15, -0.1) is 0 Å². The van der Waals surface area contributed by atoms with Crippen LogP contribution >= 0.6 is 0 Å². The molecule has 0 bridgehead atoms. The van der Waals surface area contributed by atoms with Gasteiger partial charge in [-0.1, -0.05) is 35.5 Å². The van der Waals surface area contributed by atoms with E-state index < -0.39 is 0 Å². The fraction of sp³-hybridized carbons (Fsp3) is 0.176. The van der Waals surface area contributed by atoms with Crippen LogP contribution in [0, 0.1) is 0 Å². The number of carbonyl (C=O) groups excluding carboxylic acids is 1. The molecule has 0 saturated carbocycles. The molecule has 1 amide bonds. The van der Waals surface area contributed by atoms with E-state index in [4.69, 9.17) is 4.84 Å². The van der Waals surface area contributed by atoms with Crippen LogP contribution in [-0.2, 0) is 16.1 Å². The van der Waals surface area contributed by atoms with Crippen molar-refractivity contribution in [2.24, 2.45) is 5.16 Å². The van der Waals surface area contributed by atoms with Gasteiger partial charge in [0, 0.05) is 17.8 Å². The molecule has 0 atom stereocenters. The number of fused-ring (bicyclic) bond motifs is 1. The molecule has 1 aliphatic heterocycles. The molecule has 0 unspecified atom stereocenters. The second kappa shape index (κ2) is 6.30. The molecule has 0 saturated heterocycles. The summed E-state index contributed by atoms with van der Waals surface area (Å²) in [5, 5.41) is 13.3. The molecular formula is C17H16N2O3. The van der Waals surface area contributed by atoms with E-state index >= 15 is 0 Å². The van der Waals surface area contributed by atoms with Gasteiger partial charge in [0.2, 0.25) is 0 Å². The number of para-hydroxylation sites is 2. The van der Waals surface area contributed by atoms with Crippen LogP contribution in [0.4, 0.5) is 5.69 Å². The average Bonchev–Trinajstić information content (AvgIpc) is 2.97. The minimum Gasteiger partial charge on any atom is -0.507 e. The monoisotopic (exact) mass is 296 g/mol. The van der Waals surface area contributed by atoms with Crippen LogP contribution in [0.5, 0.6) is 5.75 Å². The molecule has 2 aromatic rings. The molecule has 2 aromatic carbocycles. The van der Waals surface area contributed by atoms with Crippen molar-refractivity contribution in [3.8, 4) is 5.75 Å². The SMILES string of the molecule is O=C(CO/N=C/c1ccccc1O)N1CCc2ccccc21. The standard InChI is InChI=1S/C17H16N2O3/c20-16-8-4-2-6-14(16)11-18-22-12-17(21)19-10-9-13-5-1-3-7-15(13)19/h1-8,11,20H,9-10,12H2/b18-11+. The largest absolute Gasteiger partial charge is 0.507 e. The fourth-order valence-corrected chi connectivity index (χ4v) is 2.46. The Labute approximate surface area is 128 Å². The predicted octanol–water partition coefficient (Wildman–Crippen LogP) is 2.33. The van der Waals surface area contributed by atoms with E-state index in [1.807, 2.05) is 24.3 Å². The van der Waals surface area contributed by atoms with Crippen molar-refractivity contribution in [2.45, 2.75) is 6.42 Å². The lowest BCUT2D eigenvalue weighted by molar-refractivity contribution is -0.122. The summed E-state index contributed by atoms with van der Waals surface area (Å²) in [7, 11) is 0. The number of rotatable bonds is 4. The Hall–Kier alpha value is -2.82. The lowest BCUT2D eigenvalue weighted by Crippen LogP contribution is -2.31. The summed E-state index contributed by atoms with van der Waals surface area (Å²) >= 11 is 0. The zero-order chi connectivity index (χ0) is 15.4. The van der Waals surface area contributed by atoms with E-state index in [0.717, 1.165) is 12.1 Å². The van der Waals surface area contributed by atoms with Gasteiger partial charge in [0.15, 0.2) is 6.61 Å². The highest BCUT2D eigenvalue weighted by atomic mass is 16.6. The molecule has 1 aliphatic rings. The van der Waals surface area contributed by atoms with Gasteiger partial charge in [0.05, 0.1) is 6.21 Å². The van der Waals surface area contributed by atoms with Gasteiger partial charge < -0.3 is 14.8 Å². The highest BCUT2D eigenvalue weighted by Gasteiger charge is 2.24. The van der Waals surface area contributed by atoms with E-state index in [-0.39, 0.29) is 18.3 Å². The Morgan fingerprint density at radius 1 is 1.23 bits per heavy atom. The summed E-state index contributed by atoms with van der Waals surface area (Å²) in [4.78, 5) is 18.9. The Morgan fingerprint density at radius 3 is 2.86 bits per heavy atom. The molecule has 1 N–H and O–H groups in total. The van der Waals surface area contributed by atoms with Gasteiger partial charge in [-0.2, -0.15) is 0 Å². The number of carbonyl (C=O) groups is 1. The summed E-state index contributed by atoms with van der Waals surface area (Å²) in [6.07, 6.45) is 2.25. The summed E-state index contributed by atoms with van der Waals surface area (Å²) < 4.78 is 0. The second-order valence-corrected chi connectivity index (χ2v) is 4.99. The molecule has 0 aromatic heterocycles. The molecule has 0 fully saturated rings. The van der Waals surface area contributed by atoms with Gasteiger partial charge in [0.25, 0.3) is 5.91 Å². The van der Waals surface area contributed by atoms with E-state index in [9.17, 15) is 9.90 Å². The van der Waals surface area contributed by atoms with Gasteiger partial charge in [-0.25, -0.2) is 0 Å². The van der Waals surface area contributed by atoms with Crippen LogP contribution in [-0.4, -0.2) is 30.4 Å². The number of oxime groups is 1. The number of anilines is 1. The lowest BCUT2D eigenvalue weighted by Gasteiger charge is -2.16. The maximum atomic E-state index is 12.2. The minimum atomic E-state index is -0.127. The maximum absolute atomic E-state index is 12.2. The summed E-state index contributed by atoms with van der Waals surface area (Å²) in [6, 6.07) is 14.6. The van der Waals surface area contributed by atoms with Gasteiger partial charge in [-0.05, 0) is 30.2 Å². The molecule has 0 radical (unpaired) electrons.